The molecule has 0 aromatic rings. The number of carbonyl (C=O) groups excluding carboxylic acids is 4. The number of phosphoric acid groups is 2. The van der Waals surface area contributed by atoms with Gasteiger partial charge in [0.2, 0.25) is 0 Å². The molecule has 0 saturated carbocycles. The quantitative estimate of drug-likeness (QED) is 0.0222. The highest BCUT2D eigenvalue weighted by atomic mass is 31.2. The molecule has 450 valence electrons. The van der Waals surface area contributed by atoms with Gasteiger partial charge in [-0.3, -0.25) is 37.3 Å². The summed E-state index contributed by atoms with van der Waals surface area (Å²) in [4.78, 5) is 71.6. The van der Waals surface area contributed by atoms with Gasteiger partial charge in [-0.1, -0.05) is 233 Å². The van der Waals surface area contributed by atoms with Gasteiger partial charge in [-0.25, -0.2) is 9.13 Å². The van der Waals surface area contributed by atoms with Crippen molar-refractivity contribution in [2.24, 2.45) is 0 Å². The zero-order chi connectivity index (χ0) is 56.2. The lowest BCUT2D eigenvalue weighted by Crippen LogP contribution is -2.30. The third-order valence-corrected chi connectivity index (χ3v) is 15.0. The molecule has 0 aliphatic rings. The van der Waals surface area contributed by atoms with Crippen LogP contribution in [0.3, 0.4) is 0 Å². The van der Waals surface area contributed by atoms with Crippen LogP contribution in [0.25, 0.3) is 0 Å². The van der Waals surface area contributed by atoms with Crippen molar-refractivity contribution in [1.29, 1.82) is 0 Å². The highest BCUT2D eigenvalue weighted by molar-refractivity contribution is 7.47. The minimum atomic E-state index is -4.93. The van der Waals surface area contributed by atoms with Gasteiger partial charge in [0.05, 0.1) is 26.4 Å². The average Bonchev–Trinajstić information content (AvgIpc) is 3.39. The normalized spacial score (nSPS) is 14.4. The van der Waals surface area contributed by atoms with Crippen molar-refractivity contribution in [3.63, 3.8) is 0 Å². The summed E-state index contributed by atoms with van der Waals surface area (Å²) < 4.78 is 67.5. The number of carbonyl (C=O) groups is 4. The van der Waals surface area contributed by atoms with Crippen LogP contribution in [-0.2, 0) is 65.4 Å². The van der Waals surface area contributed by atoms with Crippen molar-refractivity contribution in [2.75, 3.05) is 39.6 Å². The predicted octanol–water partition coefficient (Wildman–Crippen LogP) is 15.2. The van der Waals surface area contributed by atoms with Crippen LogP contribution in [0.2, 0.25) is 0 Å². The lowest BCUT2D eigenvalue weighted by Gasteiger charge is -2.21. The molecule has 0 fully saturated rings. The van der Waals surface area contributed by atoms with E-state index in [4.69, 9.17) is 37.0 Å². The first-order chi connectivity index (χ1) is 36.7. The summed E-state index contributed by atoms with van der Waals surface area (Å²) in [5, 5.41) is 10.5. The van der Waals surface area contributed by atoms with E-state index in [2.05, 4.69) is 27.7 Å². The average molecular weight is 1130 g/mol. The number of esters is 4. The highest BCUT2D eigenvalue weighted by Gasteiger charge is 2.30. The molecular weight excluding hydrogens is 1020 g/mol. The summed E-state index contributed by atoms with van der Waals surface area (Å²) in [7, 11) is -9.86. The van der Waals surface area contributed by atoms with Crippen LogP contribution in [0.15, 0.2) is 0 Å². The third-order valence-electron chi connectivity index (χ3n) is 13.1. The van der Waals surface area contributed by atoms with Crippen LogP contribution in [0.1, 0.15) is 285 Å². The second-order valence-electron chi connectivity index (χ2n) is 20.7. The van der Waals surface area contributed by atoms with Gasteiger partial charge < -0.3 is 33.8 Å². The molecule has 5 atom stereocenters. The van der Waals surface area contributed by atoms with Crippen LogP contribution < -0.4 is 0 Å². The Balaban J connectivity index is 5.18. The smallest absolute Gasteiger partial charge is 0.462 e. The topological polar surface area (TPSA) is 237 Å². The SMILES string of the molecule is CCCCCCCCCCCCCCCC(=O)O[C@H](COC(=O)CCCCCCCCCCC)COP(=O)(O)OC[C@@H](O)COP(=O)(O)OC[C@@H](COC(=O)CCCCCCCCC)OC(=O)CCCCCCCCC. The van der Waals surface area contributed by atoms with E-state index in [1.807, 2.05) is 0 Å². The number of unbranched alkanes of at least 4 members (excludes halogenated alkanes) is 32. The Morgan fingerprint density at radius 2 is 0.526 bits per heavy atom. The fourth-order valence-electron chi connectivity index (χ4n) is 8.40. The van der Waals surface area contributed by atoms with E-state index in [0.29, 0.717) is 25.7 Å². The number of aliphatic hydroxyl groups is 1. The maximum absolute atomic E-state index is 12.9. The molecule has 0 bridgehead atoms. The molecule has 0 spiro atoms. The number of hydrogen-bond donors (Lipinski definition) is 3. The lowest BCUT2D eigenvalue weighted by atomic mass is 10.0. The van der Waals surface area contributed by atoms with Crippen LogP contribution >= 0.6 is 15.6 Å². The monoisotopic (exact) mass is 1130 g/mol. The molecule has 0 aromatic carbocycles. The first-order valence-corrected chi connectivity index (χ1v) is 33.3. The van der Waals surface area contributed by atoms with Crippen molar-refractivity contribution in [2.45, 2.75) is 303 Å². The maximum Gasteiger partial charge on any atom is 0.472 e. The van der Waals surface area contributed by atoms with Crippen molar-refractivity contribution in [3.8, 4) is 0 Å². The van der Waals surface area contributed by atoms with Crippen LogP contribution in [-0.4, -0.2) is 96.7 Å². The molecule has 17 nitrogen and oxygen atoms in total. The van der Waals surface area contributed by atoms with Gasteiger partial charge in [-0.05, 0) is 25.7 Å². The fourth-order valence-corrected chi connectivity index (χ4v) is 9.98. The highest BCUT2D eigenvalue weighted by Crippen LogP contribution is 2.45. The van der Waals surface area contributed by atoms with Crippen molar-refractivity contribution in [1.82, 2.24) is 0 Å². The number of hydrogen-bond acceptors (Lipinski definition) is 15. The summed E-state index contributed by atoms with van der Waals surface area (Å²) in [6, 6.07) is 0. The van der Waals surface area contributed by atoms with Gasteiger partial charge in [0.15, 0.2) is 12.2 Å². The number of phosphoric ester groups is 2. The Hall–Kier alpha value is -1.94. The summed E-state index contributed by atoms with van der Waals surface area (Å²) in [5.74, 6) is -2.15. The molecular formula is C57H110O17P2. The number of ether oxygens (including phenoxy) is 4. The van der Waals surface area contributed by atoms with Gasteiger partial charge in [0, 0.05) is 25.7 Å². The molecule has 0 aliphatic heterocycles. The first kappa shape index (κ1) is 74.1. The fraction of sp³-hybridized carbons (Fsp3) is 0.930. The third kappa shape index (κ3) is 51.5. The molecule has 0 aliphatic carbocycles. The lowest BCUT2D eigenvalue weighted by molar-refractivity contribution is -0.161. The van der Waals surface area contributed by atoms with Crippen molar-refractivity contribution in [3.05, 3.63) is 0 Å². The summed E-state index contributed by atoms with van der Waals surface area (Å²) in [6.07, 6.45) is 35.0. The van der Waals surface area contributed by atoms with E-state index in [-0.39, 0.29) is 25.7 Å². The largest absolute Gasteiger partial charge is 0.472 e. The number of aliphatic hydroxyl groups excluding tert-OH is 1. The molecule has 0 amide bonds. The molecule has 2 unspecified atom stereocenters. The Labute approximate surface area is 460 Å². The Bertz CT molecular complexity index is 1490. The maximum atomic E-state index is 12.9. The standard InChI is InChI=1S/C57H110O17P2/c1-5-9-13-17-21-23-24-25-26-28-32-36-40-44-57(62)74-53(48-68-55(60)42-38-34-31-27-22-18-14-10-6-2)50-72-76(65,66)70-46-51(58)45-69-75(63,64)71-49-52(73-56(61)43-39-35-30-20-16-12-8-4)47-67-54(59)41-37-33-29-19-15-11-7-3/h51-53,58H,5-50H2,1-4H3,(H,63,64)(H,65,66)/t51-,52+,53+/m0/s1. The molecule has 0 heterocycles. The second-order valence-corrected chi connectivity index (χ2v) is 23.6. The minimum absolute atomic E-state index is 0.104. The van der Waals surface area contributed by atoms with Gasteiger partial charge in [0.1, 0.15) is 19.3 Å². The van der Waals surface area contributed by atoms with E-state index in [1.165, 1.54) is 89.9 Å². The molecule has 0 rings (SSSR count). The summed E-state index contributed by atoms with van der Waals surface area (Å²) in [6.45, 7) is 4.74. The van der Waals surface area contributed by atoms with E-state index >= 15 is 0 Å². The van der Waals surface area contributed by atoms with Crippen LogP contribution in [0.5, 0.6) is 0 Å². The van der Waals surface area contributed by atoms with E-state index in [9.17, 15) is 43.2 Å². The zero-order valence-corrected chi connectivity index (χ0v) is 50.0. The number of rotatable bonds is 58. The molecule has 3 N–H and O–H groups in total. The van der Waals surface area contributed by atoms with Crippen LogP contribution in [0, 0.1) is 0 Å². The van der Waals surface area contributed by atoms with E-state index < -0.39 is 97.5 Å². The first-order valence-electron chi connectivity index (χ1n) is 30.3. The predicted molar refractivity (Wildman–Crippen MR) is 299 cm³/mol. The molecule has 19 heteroatoms. The van der Waals surface area contributed by atoms with E-state index in [1.54, 1.807) is 0 Å². The minimum Gasteiger partial charge on any atom is -0.462 e. The summed E-state index contributed by atoms with van der Waals surface area (Å²) in [5.41, 5.74) is 0. The van der Waals surface area contributed by atoms with Gasteiger partial charge in [0.25, 0.3) is 0 Å². The van der Waals surface area contributed by atoms with Crippen LogP contribution in [0.4, 0.5) is 0 Å². The van der Waals surface area contributed by atoms with Gasteiger partial charge in [-0.2, -0.15) is 0 Å². The van der Waals surface area contributed by atoms with Crippen molar-refractivity contribution < 1.29 is 80.2 Å². The Morgan fingerprint density at radius 3 is 0.776 bits per heavy atom. The zero-order valence-electron chi connectivity index (χ0n) is 48.2. The van der Waals surface area contributed by atoms with Crippen molar-refractivity contribution >= 4 is 39.5 Å². The molecule has 76 heavy (non-hydrogen) atoms. The molecule has 0 aromatic heterocycles. The second kappa shape index (κ2) is 52.4. The Morgan fingerprint density at radius 1 is 0.316 bits per heavy atom. The van der Waals surface area contributed by atoms with Gasteiger partial charge >= 0.3 is 39.5 Å². The Kier molecular flexibility index (Phi) is 51.1. The van der Waals surface area contributed by atoms with E-state index in [0.717, 1.165) is 116 Å². The molecule has 0 radical (unpaired) electrons. The summed E-state index contributed by atoms with van der Waals surface area (Å²) >= 11 is 0. The molecule has 0 saturated heterocycles. The van der Waals surface area contributed by atoms with Gasteiger partial charge in [-0.15, -0.1) is 0 Å².